The molecule has 5 nitrogen and oxygen atoms in total. The molecule has 0 spiro atoms. The maximum atomic E-state index is 12.7. The van der Waals surface area contributed by atoms with Gasteiger partial charge in [0.1, 0.15) is 11.5 Å². The van der Waals surface area contributed by atoms with E-state index in [4.69, 9.17) is 9.47 Å². The molecule has 1 aliphatic carbocycles. The van der Waals surface area contributed by atoms with Gasteiger partial charge in [-0.3, -0.25) is 9.69 Å². The van der Waals surface area contributed by atoms with Crippen molar-refractivity contribution < 1.29 is 14.3 Å². The summed E-state index contributed by atoms with van der Waals surface area (Å²) in [7, 11) is 3.21. The maximum absolute atomic E-state index is 12.7. The second-order valence-electron chi connectivity index (χ2n) is 6.43. The molecule has 3 rings (SSSR count). The first-order valence-corrected chi connectivity index (χ1v) is 7.85. The van der Waals surface area contributed by atoms with Crippen LogP contribution in [0, 0.1) is 5.92 Å². The molecule has 22 heavy (non-hydrogen) atoms. The molecule has 2 aliphatic rings. The van der Waals surface area contributed by atoms with E-state index in [0.29, 0.717) is 17.2 Å². The number of likely N-dealkylation sites (tertiary alicyclic amines) is 1. The first-order chi connectivity index (χ1) is 10.6. The lowest BCUT2D eigenvalue weighted by Gasteiger charge is -2.49. The Labute approximate surface area is 131 Å². The highest BCUT2D eigenvalue weighted by Crippen LogP contribution is 2.39. The number of nitrogens with zero attached hydrogens (tertiary/aromatic N) is 1. The Hall–Kier alpha value is -1.75. The van der Waals surface area contributed by atoms with Crippen LogP contribution in [0.5, 0.6) is 11.5 Å². The van der Waals surface area contributed by atoms with Crippen molar-refractivity contribution in [2.75, 3.05) is 32.6 Å². The molecular weight excluding hydrogens is 280 g/mol. The summed E-state index contributed by atoms with van der Waals surface area (Å²) in [6, 6.07) is 5.42. The zero-order chi connectivity index (χ0) is 15.7. The van der Waals surface area contributed by atoms with E-state index in [1.54, 1.807) is 26.4 Å². The van der Waals surface area contributed by atoms with Gasteiger partial charge in [0.05, 0.1) is 25.4 Å². The van der Waals surface area contributed by atoms with Crippen LogP contribution in [0.3, 0.4) is 0 Å². The van der Waals surface area contributed by atoms with E-state index in [1.807, 2.05) is 13.0 Å². The Morgan fingerprint density at radius 1 is 1.36 bits per heavy atom. The van der Waals surface area contributed by atoms with Gasteiger partial charge in [0.25, 0.3) is 0 Å². The molecule has 1 aliphatic heterocycles. The molecule has 1 saturated heterocycles. The molecule has 1 aromatic rings. The van der Waals surface area contributed by atoms with Gasteiger partial charge >= 0.3 is 0 Å². The molecule has 0 bridgehead atoms. The molecule has 1 saturated carbocycles. The fourth-order valence-electron chi connectivity index (χ4n) is 2.94. The summed E-state index contributed by atoms with van der Waals surface area (Å²) < 4.78 is 10.6. The summed E-state index contributed by atoms with van der Waals surface area (Å²) in [5, 5.41) is 3.02. The van der Waals surface area contributed by atoms with Crippen molar-refractivity contribution in [2.24, 2.45) is 5.92 Å². The summed E-state index contributed by atoms with van der Waals surface area (Å²) in [6.07, 6.45) is 3.51. The zero-order valence-corrected chi connectivity index (χ0v) is 13.5. The number of amides is 1. The van der Waals surface area contributed by atoms with Crippen LogP contribution in [-0.4, -0.2) is 43.7 Å². The van der Waals surface area contributed by atoms with Gasteiger partial charge in [0.2, 0.25) is 5.91 Å². The SMILES string of the molecule is COc1ccc(OC)c(NC(=O)C2(C)CCN2CC2CC2)c1. The lowest BCUT2D eigenvalue weighted by Crippen LogP contribution is -2.64. The van der Waals surface area contributed by atoms with E-state index in [-0.39, 0.29) is 5.91 Å². The Kier molecular flexibility index (Phi) is 4.00. The van der Waals surface area contributed by atoms with Gasteiger partial charge in [-0.2, -0.15) is 0 Å². The molecule has 120 valence electrons. The van der Waals surface area contributed by atoms with Crippen LogP contribution in [0.1, 0.15) is 26.2 Å². The van der Waals surface area contributed by atoms with Crippen LogP contribution in [0.25, 0.3) is 0 Å². The van der Waals surface area contributed by atoms with Crippen molar-refractivity contribution >= 4 is 11.6 Å². The Bertz CT molecular complexity index is 571. The molecule has 2 fully saturated rings. The highest BCUT2D eigenvalue weighted by molar-refractivity contribution is 5.99. The summed E-state index contributed by atoms with van der Waals surface area (Å²) in [5.41, 5.74) is 0.253. The average molecular weight is 304 g/mol. The third-order valence-electron chi connectivity index (χ3n) is 4.89. The molecule has 5 heteroatoms. The first kappa shape index (κ1) is 15.2. The average Bonchev–Trinajstić information content (AvgIpc) is 3.34. The van der Waals surface area contributed by atoms with Gasteiger partial charge < -0.3 is 14.8 Å². The summed E-state index contributed by atoms with van der Waals surface area (Å²) >= 11 is 0. The van der Waals surface area contributed by atoms with E-state index in [1.165, 1.54) is 12.8 Å². The van der Waals surface area contributed by atoms with Crippen LogP contribution in [-0.2, 0) is 4.79 Å². The predicted octanol–water partition coefficient (Wildman–Crippen LogP) is 2.52. The summed E-state index contributed by atoms with van der Waals surface area (Å²) in [4.78, 5) is 15.0. The quantitative estimate of drug-likeness (QED) is 0.877. The standard InChI is InChI=1S/C17H24N2O3/c1-17(8-9-19(17)11-12-4-5-12)16(20)18-14-10-13(21-2)6-7-15(14)22-3/h6-7,10,12H,4-5,8-9,11H2,1-3H3,(H,18,20). The topological polar surface area (TPSA) is 50.8 Å². The second-order valence-corrected chi connectivity index (χ2v) is 6.43. The number of anilines is 1. The predicted molar refractivity (Wildman–Crippen MR) is 85.5 cm³/mol. The third kappa shape index (κ3) is 2.77. The van der Waals surface area contributed by atoms with Crippen molar-refractivity contribution in [3.05, 3.63) is 18.2 Å². The Morgan fingerprint density at radius 2 is 2.14 bits per heavy atom. The molecule has 1 unspecified atom stereocenters. The fourth-order valence-corrected chi connectivity index (χ4v) is 2.94. The zero-order valence-electron chi connectivity index (χ0n) is 13.5. The van der Waals surface area contributed by atoms with Crippen LogP contribution < -0.4 is 14.8 Å². The van der Waals surface area contributed by atoms with Crippen molar-refractivity contribution in [2.45, 2.75) is 31.7 Å². The fraction of sp³-hybridized carbons (Fsp3) is 0.588. The molecular formula is C17H24N2O3. The normalized spacial score (nSPS) is 24.5. The summed E-state index contributed by atoms with van der Waals surface area (Å²) in [6.45, 7) is 4.08. The van der Waals surface area contributed by atoms with Gasteiger partial charge in [-0.1, -0.05) is 0 Å². The van der Waals surface area contributed by atoms with E-state index in [0.717, 1.165) is 25.4 Å². The lowest BCUT2D eigenvalue weighted by atomic mass is 9.85. The van der Waals surface area contributed by atoms with Gasteiger partial charge in [-0.15, -0.1) is 0 Å². The van der Waals surface area contributed by atoms with Gasteiger partial charge in [0.15, 0.2) is 0 Å². The number of benzene rings is 1. The Morgan fingerprint density at radius 3 is 2.68 bits per heavy atom. The van der Waals surface area contributed by atoms with Crippen LogP contribution >= 0.6 is 0 Å². The molecule has 1 N–H and O–H groups in total. The largest absolute Gasteiger partial charge is 0.497 e. The van der Waals surface area contributed by atoms with E-state index >= 15 is 0 Å². The smallest absolute Gasteiger partial charge is 0.244 e. The van der Waals surface area contributed by atoms with Crippen molar-refractivity contribution in [3.63, 3.8) is 0 Å². The number of methoxy groups -OCH3 is 2. The molecule has 0 aromatic heterocycles. The molecule has 0 radical (unpaired) electrons. The van der Waals surface area contributed by atoms with Crippen LogP contribution in [0.15, 0.2) is 18.2 Å². The second kappa shape index (κ2) is 5.80. The number of carbonyl (C=O) groups is 1. The minimum atomic E-state index is -0.406. The molecule has 1 aromatic carbocycles. The van der Waals surface area contributed by atoms with Gasteiger partial charge in [0, 0.05) is 19.2 Å². The van der Waals surface area contributed by atoms with Gasteiger partial charge in [-0.05, 0) is 44.2 Å². The third-order valence-corrected chi connectivity index (χ3v) is 4.89. The lowest BCUT2D eigenvalue weighted by molar-refractivity contribution is -0.135. The van der Waals surface area contributed by atoms with Gasteiger partial charge in [-0.25, -0.2) is 0 Å². The van der Waals surface area contributed by atoms with Crippen molar-refractivity contribution in [1.29, 1.82) is 0 Å². The maximum Gasteiger partial charge on any atom is 0.244 e. The highest BCUT2D eigenvalue weighted by atomic mass is 16.5. The molecule has 1 atom stereocenters. The first-order valence-electron chi connectivity index (χ1n) is 7.85. The van der Waals surface area contributed by atoms with E-state index in [9.17, 15) is 4.79 Å². The number of nitrogens with one attached hydrogen (secondary N) is 1. The molecule has 1 amide bonds. The molecule has 1 heterocycles. The minimum absolute atomic E-state index is 0.0333. The Balaban J connectivity index is 1.73. The minimum Gasteiger partial charge on any atom is -0.497 e. The number of carbonyl (C=O) groups excluding carboxylic acids is 1. The number of hydrogen-bond donors (Lipinski definition) is 1. The highest BCUT2D eigenvalue weighted by Gasteiger charge is 2.48. The van der Waals surface area contributed by atoms with E-state index in [2.05, 4.69) is 10.2 Å². The summed E-state index contributed by atoms with van der Waals surface area (Å²) in [5.74, 6) is 2.17. The van der Waals surface area contributed by atoms with Crippen molar-refractivity contribution in [3.8, 4) is 11.5 Å². The number of ether oxygens (including phenoxy) is 2. The monoisotopic (exact) mass is 304 g/mol. The van der Waals surface area contributed by atoms with Crippen LogP contribution in [0.4, 0.5) is 5.69 Å². The number of hydrogen-bond acceptors (Lipinski definition) is 4. The van der Waals surface area contributed by atoms with E-state index < -0.39 is 5.54 Å². The van der Waals surface area contributed by atoms with Crippen molar-refractivity contribution in [1.82, 2.24) is 4.90 Å². The number of rotatable bonds is 6. The van der Waals surface area contributed by atoms with Crippen LogP contribution in [0.2, 0.25) is 0 Å².